The molecule has 1 aliphatic rings. The second-order valence-corrected chi connectivity index (χ2v) is 9.21. The maximum Gasteiger partial charge on any atom is 0.304 e. The smallest absolute Gasteiger partial charge is 0.304 e. The third-order valence-corrected chi connectivity index (χ3v) is 6.67. The zero-order valence-electron chi connectivity index (χ0n) is 19.9. The minimum absolute atomic E-state index is 0.0145. The maximum absolute atomic E-state index is 13.0. The summed E-state index contributed by atoms with van der Waals surface area (Å²) in [5.41, 5.74) is 7.85. The number of carboxylic acids is 1. The third-order valence-electron chi connectivity index (χ3n) is 6.67. The number of aliphatic carboxylic acids is 1. The molecule has 1 saturated heterocycles. The van der Waals surface area contributed by atoms with E-state index in [0.717, 1.165) is 23.6 Å². The van der Waals surface area contributed by atoms with Gasteiger partial charge >= 0.3 is 5.97 Å². The molecule has 186 valence electrons. The number of benzene rings is 3. The van der Waals surface area contributed by atoms with E-state index in [-0.39, 0.29) is 36.7 Å². The van der Waals surface area contributed by atoms with E-state index in [0.29, 0.717) is 24.1 Å². The number of carbonyl (C=O) groups is 3. The van der Waals surface area contributed by atoms with Crippen molar-refractivity contribution in [3.63, 3.8) is 0 Å². The van der Waals surface area contributed by atoms with Gasteiger partial charge < -0.3 is 21.1 Å². The lowest BCUT2D eigenvalue weighted by Gasteiger charge is -2.25. The number of nitrogens with one attached hydrogen (secondary N) is 2. The quantitative estimate of drug-likeness (QED) is 0.258. The lowest BCUT2D eigenvalue weighted by Crippen LogP contribution is -2.42. The van der Waals surface area contributed by atoms with E-state index in [1.807, 2.05) is 42.5 Å². The van der Waals surface area contributed by atoms with Crippen LogP contribution in [-0.4, -0.2) is 52.8 Å². The van der Waals surface area contributed by atoms with E-state index in [9.17, 15) is 19.5 Å². The SMILES string of the molecule is N=C(N)c1ccc2cc(C(=O)NC[C@@H]3C[C@@H](CC(=O)O)C(=O)N3CCCc3ccccc3)ccc2c1. The van der Waals surface area contributed by atoms with Crippen LogP contribution in [0.15, 0.2) is 66.7 Å². The molecule has 3 aromatic carbocycles. The molecule has 0 radical (unpaired) electrons. The molecule has 0 aliphatic carbocycles. The Hall–Kier alpha value is -4.20. The number of aryl methyl sites for hydroxylation is 1. The topological polar surface area (TPSA) is 137 Å². The number of amides is 2. The van der Waals surface area contributed by atoms with Gasteiger partial charge in [0.25, 0.3) is 5.91 Å². The van der Waals surface area contributed by atoms with E-state index in [1.165, 1.54) is 5.56 Å². The van der Waals surface area contributed by atoms with Crippen molar-refractivity contribution in [1.82, 2.24) is 10.2 Å². The molecule has 2 amide bonds. The van der Waals surface area contributed by atoms with Crippen LogP contribution >= 0.6 is 0 Å². The standard InChI is InChI=1S/C28H30N4O4/c29-26(30)21-10-8-20-14-22(11-9-19(20)13-21)27(35)31-17-24-15-23(16-25(33)34)28(36)32(24)12-4-7-18-5-2-1-3-6-18/h1-3,5-6,8-11,13-14,23-24H,4,7,12,15-17H2,(H3,29,30)(H,31,35)(H,33,34)/t23-,24-/m0/s1. The summed E-state index contributed by atoms with van der Waals surface area (Å²) in [6, 6.07) is 20.4. The molecule has 0 bridgehead atoms. The summed E-state index contributed by atoms with van der Waals surface area (Å²) in [5.74, 6) is -1.99. The van der Waals surface area contributed by atoms with Gasteiger partial charge in [-0.3, -0.25) is 19.8 Å². The Bertz CT molecular complexity index is 1290. The predicted molar refractivity (Wildman–Crippen MR) is 138 cm³/mol. The van der Waals surface area contributed by atoms with Gasteiger partial charge in [-0.05, 0) is 53.8 Å². The van der Waals surface area contributed by atoms with Gasteiger partial charge in [0.15, 0.2) is 0 Å². The van der Waals surface area contributed by atoms with Crippen molar-refractivity contribution in [2.45, 2.75) is 31.7 Å². The summed E-state index contributed by atoms with van der Waals surface area (Å²) in [4.78, 5) is 38.9. The molecule has 1 heterocycles. The van der Waals surface area contributed by atoms with Crippen molar-refractivity contribution < 1.29 is 19.5 Å². The predicted octanol–water partition coefficient (Wildman–Crippen LogP) is 3.18. The first-order valence-electron chi connectivity index (χ1n) is 12.0. The van der Waals surface area contributed by atoms with Crippen LogP contribution in [0.3, 0.4) is 0 Å². The van der Waals surface area contributed by atoms with Crippen LogP contribution in [0.2, 0.25) is 0 Å². The van der Waals surface area contributed by atoms with Crippen LogP contribution < -0.4 is 11.1 Å². The number of nitrogens with zero attached hydrogens (tertiary/aromatic N) is 1. The van der Waals surface area contributed by atoms with Crippen molar-refractivity contribution in [1.29, 1.82) is 5.41 Å². The van der Waals surface area contributed by atoms with Crippen LogP contribution in [-0.2, 0) is 16.0 Å². The number of likely N-dealkylation sites (tertiary alicyclic amines) is 1. The minimum Gasteiger partial charge on any atom is -0.481 e. The first-order chi connectivity index (χ1) is 17.3. The molecule has 0 unspecified atom stereocenters. The average Bonchev–Trinajstić information content (AvgIpc) is 3.16. The highest BCUT2D eigenvalue weighted by molar-refractivity contribution is 6.02. The Labute approximate surface area is 209 Å². The van der Waals surface area contributed by atoms with Gasteiger partial charge in [0.05, 0.1) is 12.3 Å². The molecule has 36 heavy (non-hydrogen) atoms. The van der Waals surface area contributed by atoms with Crippen LogP contribution in [0.25, 0.3) is 10.8 Å². The average molecular weight is 487 g/mol. The fraction of sp³-hybridized carbons (Fsp3) is 0.286. The third kappa shape index (κ3) is 5.89. The summed E-state index contributed by atoms with van der Waals surface area (Å²) in [5, 5.41) is 21.5. The molecule has 8 heteroatoms. The molecule has 8 nitrogen and oxygen atoms in total. The monoisotopic (exact) mass is 486 g/mol. The largest absolute Gasteiger partial charge is 0.481 e. The minimum atomic E-state index is -0.994. The van der Waals surface area contributed by atoms with Crippen LogP contribution in [0, 0.1) is 11.3 Å². The number of nitrogen functional groups attached to an aromatic ring is 1. The second kappa shape index (κ2) is 11.0. The van der Waals surface area contributed by atoms with Crippen molar-refractivity contribution in [2.24, 2.45) is 11.7 Å². The number of fused-ring (bicyclic) bond motifs is 1. The highest BCUT2D eigenvalue weighted by Crippen LogP contribution is 2.28. The van der Waals surface area contributed by atoms with Gasteiger partial charge in [0.1, 0.15) is 5.84 Å². The number of rotatable bonds is 10. The number of carboxylic acid groups (broad SMARTS) is 1. The van der Waals surface area contributed by atoms with Crippen molar-refractivity contribution >= 4 is 34.4 Å². The Balaban J connectivity index is 1.41. The Morgan fingerprint density at radius 1 is 1.03 bits per heavy atom. The first kappa shape index (κ1) is 24.9. The Morgan fingerprint density at radius 2 is 1.69 bits per heavy atom. The highest BCUT2D eigenvalue weighted by Gasteiger charge is 2.40. The first-order valence-corrected chi connectivity index (χ1v) is 12.0. The molecule has 2 atom stereocenters. The van der Waals surface area contributed by atoms with Gasteiger partial charge in [0, 0.05) is 30.3 Å². The van der Waals surface area contributed by atoms with Crippen LogP contribution in [0.5, 0.6) is 0 Å². The maximum atomic E-state index is 13.0. The molecule has 1 fully saturated rings. The molecular formula is C28H30N4O4. The zero-order valence-corrected chi connectivity index (χ0v) is 19.9. The van der Waals surface area contributed by atoms with E-state index < -0.39 is 11.9 Å². The molecular weight excluding hydrogens is 456 g/mol. The number of amidine groups is 1. The summed E-state index contributed by atoms with van der Waals surface area (Å²) in [6.45, 7) is 0.770. The molecule has 1 aliphatic heterocycles. The van der Waals surface area contributed by atoms with Crippen molar-refractivity contribution in [3.8, 4) is 0 Å². The zero-order chi connectivity index (χ0) is 25.7. The summed E-state index contributed by atoms with van der Waals surface area (Å²) >= 11 is 0. The van der Waals surface area contributed by atoms with Crippen molar-refractivity contribution in [3.05, 3.63) is 83.4 Å². The lowest BCUT2D eigenvalue weighted by atomic mass is 10.0. The summed E-state index contributed by atoms with van der Waals surface area (Å²) < 4.78 is 0. The van der Waals surface area contributed by atoms with Crippen molar-refractivity contribution in [2.75, 3.05) is 13.1 Å². The fourth-order valence-corrected chi connectivity index (χ4v) is 4.80. The van der Waals surface area contributed by atoms with Crippen LogP contribution in [0.1, 0.15) is 40.7 Å². The van der Waals surface area contributed by atoms with E-state index >= 15 is 0 Å². The normalized spacial score (nSPS) is 17.3. The van der Waals surface area contributed by atoms with Gasteiger partial charge in [-0.25, -0.2) is 0 Å². The van der Waals surface area contributed by atoms with Gasteiger partial charge in [0.2, 0.25) is 5.91 Å². The van der Waals surface area contributed by atoms with Gasteiger partial charge in [-0.15, -0.1) is 0 Å². The molecule has 0 spiro atoms. The number of hydrogen-bond donors (Lipinski definition) is 4. The Kier molecular flexibility index (Phi) is 7.63. The fourth-order valence-electron chi connectivity index (χ4n) is 4.80. The molecule has 0 saturated carbocycles. The van der Waals surface area contributed by atoms with E-state index in [2.05, 4.69) is 5.32 Å². The molecule has 3 aromatic rings. The summed E-state index contributed by atoms with van der Waals surface area (Å²) in [6.07, 6.45) is 1.77. The molecule has 0 aromatic heterocycles. The lowest BCUT2D eigenvalue weighted by molar-refractivity contribution is -0.142. The number of hydrogen-bond acceptors (Lipinski definition) is 4. The summed E-state index contributed by atoms with van der Waals surface area (Å²) in [7, 11) is 0. The van der Waals surface area contributed by atoms with Gasteiger partial charge in [-0.2, -0.15) is 0 Å². The Morgan fingerprint density at radius 3 is 2.36 bits per heavy atom. The van der Waals surface area contributed by atoms with Gasteiger partial charge in [-0.1, -0.05) is 48.5 Å². The van der Waals surface area contributed by atoms with E-state index in [1.54, 1.807) is 29.2 Å². The number of nitrogens with two attached hydrogens (primary N) is 1. The van der Waals surface area contributed by atoms with Crippen LogP contribution in [0.4, 0.5) is 0 Å². The number of carbonyl (C=O) groups excluding carboxylic acids is 2. The van der Waals surface area contributed by atoms with E-state index in [4.69, 9.17) is 11.1 Å². The highest BCUT2D eigenvalue weighted by atomic mass is 16.4. The second-order valence-electron chi connectivity index (χ2n) is 9.21. The molecule has 5 N–H and O–H groups in total. The molecule has 4 rings (SSSR count).